The minimum atomic E-state index is -4.82. The fourth-order valence-electron chi connectivity index (χ4n) is 5.71. The van der Waals surface area contributed by atoms with E-state index in [2.05, 4.69) is 25.3 Å². The number of phosphoric acid groups is 1. The van der Waals surface area contributed by atoms with Gasteiger partial charge in [0.2, 0.25) is 0 Å². The van der Waals surface area contributed by atoms with Gasteiger partial charge < -0.3 is 29.5 Å². The molecule has 1 rings (SSSR count). The predicted octanol–water partition coefficient (Wildman–Crippen LogP) is 6.90. The van der Waals surface area contributed by atoms with Gasteiger partial charge in [0.05, 0.1) is 18.8 Å². The van der Waals surface area contributed by atoms with Gasteiger partial charge >= 0.3 is 19.8 Å². The summed E-state index contributed by atoms with van der Waals surface area (Å²) in [6.07, 6.45) is 18.7. The second-order valence-corrected chi connectivity index (χ2v) is 14.7. The molecule has 0 spiro atoms. The molecule has 1 aliphatic rings. The molecule has 0 aromatic heterocycles. The molecular weight excluding hydrogens is 639 g/mol. The summed E-state index contributed by atoms with van der Waals surface area (Å²) in [6, 6.07) is 0. The third-order valence-corrected chi connectivity index (χ3v) is 9.01. The highest BCUT2D eigenvalue weighted by molar-refractivity contribution is 7.46. The van der Waals surface area contributed by atoms with Gasteiger partial charge in [0.15, 0.2) is 6.10 Å². The Labute approximate surface area is 288 Å². The first-order valence-electron chi connectivity index (χ1n) is 18.1. The Morgan fingerprint density at radius 3 is 2.21 bits per heavy atom. The first-order chi connectivity index (χ1) is 22.8. The molecule has 0 unspecified atom stereocenters. The molecule has 1 saturated carbocycles. The maximum Gasteiger partial charge on any atom is 0.469 e. The average Bonchev–Trinajstić information content (AvgIpc) is 3.28. The van der Waals surface area contributed by atoms with E-state index in [1.165, 1.54) is 25.7 Å². The monoisotopic (exact) mass is 702 g/mol. The van der Waals surface area contributed by atoms with Crippen molar-refractivity contribution < 1.29 is 52.9 Å². The summed E-state index contributed by atoms with van der Waals surface area (Å²) in [5.41, 5.74) is 0. The zero-order valence-electron chi connectivity index (χ0n) is 29.5. The van der Waals surface area contributed by atoms with Crippen molar-refractivity contribution in [2.24, 2.45) is 17.8 Å². The van der Waals surface area contributed by atoms with Gasteiger partial charge in [-0.15, -0.1) is 0 Å². The van der Waals surface area contributed by atoms with E-state index in [0.29, 0.717) is 32.1 Å². The van der Waals surface area contributed by atoms with Crippen molar-refractivity contribution in [2.75, 3.05) is 13.2 Å². The average molecular weight is 703 g/mol. The zero-order chi connectivity index (χ0) is 35.8. The van der Waals surface area contributed by atoms with Gasteiger partial charge in [-0.25, -0.2) is 4.57 Å². The molecule has 48 heavy (non-hydrogen) atoms. The first-order valence-corrected chi connectivity index (χ1v) is 19.6. The normalized spacial score (nSPS) is 19.8. The Morgan fingerprint density at radius 2 is 1.54 bits per heavy atom. The number of esters is 2. The van der Waals surface area contributed by atoms with Crippen molar-refractivity contribution in [1.29, 1.82) is 0 Å². The molecule has 11 nitrogen and oxygen atoms in total. The topological polar surface area (TPSA) is 177 Å². The van der Waals surface area contributed by atoms with Gasteiger partial charge in [0.25, 0.3) is 0 Å². The van der Waals surface area contributed by atoms with Crippen LogP contribution in [0.4, 0.5) is 0 Å². The standard InChI is InChI=1S/C36H63O11P/c1-4-5-13-19-29(37)23-24-32-31(33(38)25-34(32)39)20-15-11-12-17-22-36(41)47-30(27-46-48(42,43)44)26-45-35(40)21-16-10-8-6-7-9-14-18-28(2)3/h11,15,23-24,28-33,37-38H,4-10,12-14,16-22,25-27H2,1-3H3,(H2,42,43,44)/b15-11-,24-23+/t29-,30+,31+,32+,33-/m0/s1. The van der Waals surface area contributed by atoms with E-state index in [-0.39, 0.29) is 37.6 Å². The Bertz CT molecular complexity index is 1010. The largest absolute Gasteiger partial charge is 0.469 e. The van der Waals surface area contributed by atoms with Crippen LogP contribution in [-0.2, 0) is 32.9 Å². The third-order valence-electron chi connectivity index (χ3n) is 8.53. The van der Waals surface area contributed by atoms with Crippen LogP contribution < -0.4 is 0 Å². The lowest BCUT2D eigenvalue weighted by Gasteiger charge is -2.18. The van der Waals surface area contributed by atoms with Crippen LogP contribution >= 0.6 is 7.82 Å². The number of phosphoric ester groups is 1. The fraction of sp³-hybridized carbons (Fsp3) is 0.806. The summed E-state index contributed by atoms with van der Waals surface area (Å²) >= 11 is 0. The van der Waals surface area contributed by atoms with Gasteiger partial charge in [0, 0.05) is 31.1 Å². The van der Waals surface area contributed by atoms with Gasteiger partial charge in [-0.05, 0) is 38.0 Å². The van der Waals surface area contributed by atoms with Crippen LogP contribution in [0.15, 0.2) is 24.3 Å². The molecule has 5 atom stereocenters. The number of rotatable bonds is 28. The van der Waals surface area contributed by atoms with E-state index < -0.39 is 50.6 Å². The minimum absolute atomic E-state index is 0.0218. The van der Waals surface area contributed by atoms with Gasteiger partial charge in [0.1, 0.15) is 12.4 Å². The zero-order valence-corrected chi connectivity index (χ0v) is 30.4. The summed E-state index contributed by atoms with van der Waals surface area (Å²) in [6.45, 7) is 5.57. The summed E-state index contributed by atoms with van der Waals surface area (Å²) < 4.78 is 26.2. The maximum absolute atomic E-state index is 12.4. The number of ketones is 1. The molecule has 4 N–H and O–H groups in total. The van der Waals surface area contributed by atoms with Crippen molar-refractivity contribution in [3.05, 3.63) is 24.3 Å². The molecule has 0 aromatic carbocycles. The number of aliphatic hydroxyl groups is 2. The summed E-state index contributed by atoms with van der Waals surface area (Å²) in [7, 11) is -4.82. The number of unbranched alkanes of at least 4 members (excludes halogenated alkanes) is 9. The van der Waals surface area contributed by atoms with E-state index in [9.17, 15) is 29.2 Å². The summed E-state index contributed by atoms with van der Waals surface area (Å²) in [4.78, 5) is 55.2. The first kappa shape index (κ1) is 44.1. The van der Waals surface area contributed by atoms with E-state index in [4.69, 9.17) is 19.3 Å². The van der Waals surface area contributed by atoms with Gasteiger partial charge in [-0.2, -0.15) is 0 Å². The SMILES string of the molecule is CCCCC[C@H](O)/C=C/[C@H]1C(=O)C[C@H](O)[C@@H]1C/C=C\CCCC(=O)O[C@H](COC(=O)CCCCCCCCCC(C)C)COP(=O)(O)O. The van der Waals surface area contributed by atoms with Crippen LogP contribution in [0.25, 0.3) is 0 Å². The van der Waals surface area contributed by atoms with Crippen LogP contribution in [0.3, 0.4) is 0 Å². The number of hydrogen-bond acceptors (Lipinski definition) is 9. The molecule has 1 fully saturated rings. The molecular formula is C36H63O11P. The van der Waals surface area contributed by atoms with Crippen molar-refractivity contribution >= 4 is 25.5 Å². The van der Waals surface area contributed by atoms with Crippen LogP contribution in [0.2, 0.25) is 0 Å². The van der Waals surface area contributed by atoms with Gasteiger partial charge in [-0.1, -0.05) is 109 Å². The molecule has 0 radical (unpaired) electrons. The molecule has 12 heteroatoms. The van der Waals surface area contributed by atoms with Crippen LogP contribution in [0, 0.1) is 17.8 Å². The maximum atomic E-state index is 12.4. The van der Waals surface area contributed by atoms with Crippen molar-refractivity contribution in [2.45, 2.75) is 155 Å². The van der Waals surface area contributed by atoms with Crippen molar-refractivity contribution in [3.8, 4) is 0 Å². The highest BCUT2D eigenvalue weighted by atomic mass is 31.2. The Morgan fingerprint density at radius 1 is 0.896 bits per heavy atom. The van der Waals surface area contributed by atoms with E-state index in [1.54, 1.807) is 12.2 Å². The number of allylic oxidation sites excluding steroid dienone is 3. The van der Waals surface area contributed by atoms with Crippen LogP contribution in [0.1, 0.15) is 136 Å². The quantitative estimate of drug-likeness (QED) is 0.0289. The highest BCUT2D eigenvalue weighted by Crippen LogP contribution is 2.36. The lowest BCUT2D eigenvalue weighted by molar-refractivity contribution is -0.161. The molecule has 0 aromatic rings. The van der Waals surface area contributed by atoms with Crippen LogP contribution in [0.5, 0.6) is 0 Å². The summed E-state index contributed by atoms with van der Waals surface area (Å²) in [5.74, 6) is -1.12. The molecule has 0 aliphatic heterocycles. The number of carbonyl (C=O) groups excluding carboxylic acids is 3. The fourth-order valence-corrected chi connectivity index (χ4v) is 6.07. The molecule has 1 aliphatic carbocycles. The Balaban J connectivity index is 2.40. The van der Waals surface area contributed by atoms with Crippen molar-refractivity contribution in [1.82, 2.24) is 0 Å². The highest BCUT2D eigenvalue weighted by Gasteiger charge is 2.39. The van der Waals surface area contributed by atoms with E-state index in [0.717, 1.165) is 44.4 Å². The second kappa shape index (κ2) is 26.0. The number of carbonyl (C=O) groups is 3. The van der Waals surface area contributed by atoms with Crippen molar-refractivity contribution in [3.63, 3.8) is 0 Å². The van der Waals surface area contributed by atoms with E-state index >= 15 is 0 Å². The molecule has 0 heterocycles. The number of Topliss-reactive ketones (excluding diaryl/α,β-unsaturated/α-hetero) is 1. The Kier molecular flexibility index (Phi) is 23.9. The number of hydrogen-bond donors (Lipinski definition) is 4. The molecule has 0 amide bonds. The Hall–Kier alpha value is -1.88. The lowest BCUT2D eigenvalue weighted by atomic mass is 9.90. The second-order valence-electron chi connectivity index (χ2n) is 13.5. The molecule has 278 valence electrons. The van der Waals surface area contributed by atoms with E-state index in [1.807, 2.05) is 12.2 Å². The molecule has 0 saturated heterocycles. The predicted molar refractivity (Wildman–Crippen MR) is 185 cm³/mol. The minimum Gasteiger partial charge on any atom is -0.462 e. The number of aliphatic hydroxyl groups excluding tert-OH is 2. The third kappa shape index (κ3) is 22.7. The molecule has 0 bridgehead atoms. The van der Waals surface area contributed by atoms with Crippen LogP contribution in [-0.4, -0.2) is 69.2 Å². The lowest BCUT2D eigenvalue weighted by Crippen LogP contribution is -2.29. The summed E-state index contributed by atoms with van der Waals surface area (Å²) in [5, 5.41) is 20.6. The van der Waals surface area contributed by atoms with Gasteiger partial charge in [-0.3, -0.25) is 18.9 Å². The number of ether oxygens (including phenoxy) is 2. The smallest absolute Gasteiger partial charge is 0.462 e.